The summed E-state index contributed by atoms with van der Waals surface area (Å²) >= 11 is 0. The molecular weight excluding hydrogens is 176 g/mol. The smallest absolute Gasteiger partial charge is 0.136 e. The maximum atomic E-state index is 9.63. The van der Waals surface area contributed by atoms with E-state index in [2.05, 4.69) is 16.9 Å². The minimum Gasteiger partial charge on any atom is -0.386 e. The highest BCUT2D eigenvalue weighted by molar-refractivity contribution is 6.03. The molecule has 0 saturated heterocycles. The average Bonchev–Trinajstić information content (AvgIpc) is 2.45. The van der Waals surface area contributed by atoms with E-state index in [4.69, 9.17) is 0 Å². The van der Waals surface area contributed by atoms with Gasteiger partial charge in [-0.2, -0.15) is 0 Å². The molecule has 0 atom stereocenters. The topological polar surface area (TPSA) is 44.6 Å². The van der Waals surface area contributed by atoms with Gasteiger partial charge in [0.2, 0.25) is 0 Å². The van der Waals surface area contributed by atoms with Crippen LogP contribution in [0.25, 0.3) is 0 Å². The van der Waals surface area contributed by atoms with Gasteiger partial charge in [0.15, 0.2) is 0 Å². The molecule has 0 aromatic heterocycles. The number of aliphatic hydroxyl groups is 1. The Morgan fingerprint density at radius 1 is 1.64 bits per heavy atom. The van der Waals surface area contributed by atoms with E-state index in [0.717, 1.165) is 17.0 Å². The van der Waals surface area contributed by atoms with Crippen LogP contribution < -0.4 is 5.32 Å². The SMILES string of the molecule is C=C1C=CNC1=N/C=C(\C)C(C)(C)O. The summed E-state index contributed by atoms with van der Waals surface area (Å²) in [6, 6.07) is 0. The van der Waals surface area contributed by atoms with Crippen molar-refractivity contribution in [1.82, 2.24) is 5.32 Å². The van der Waals surface area contributed by atoms with Crippen LogP contribution in [0.2, 0.25) is 0 Å². The number of aliphatic imine (C=N–C) groups is 1. The number of rotatable bonds is 2. The molecule has 3 heteroatoms. The van der Waals surface area contributed by atoms with E-state index in [1.807, 2.05) is 13.0 Å². The highest BCUT2D eigenvalue weighted by Gasteiger charge is 2.14. The molecule has 3 nitrogen and oxygen atoms in total. The zero-order valence-electron chi connectivity index (χ0n) is 8.83. The van der Waals surface area contributed by atoms with E-state index in [-0.39, 0.29) is 0 Å². The van der Waals surface area contributed by atoms with Gasteiger partial charge < -0.3 is 10.4 Å². The van der Waals surface area contributed by atoms with Crippen LogP contribution in [-0.4, -0.2) is 16.5 Å². The van der Waals surface area contributed by atoms with Gasteiger partial charge in [-0.25, -0.2) is 4.99 Å². The predicted molar refractivity (Wildman–Crippen MR) is 58.9 cm³/mol. The van der Waals surface area contributed by atoms with Crippen molar-refractivity contribution >= 4 is 5.84 Å². The van der Waals surface area contributed by atoms with Crippen molar-refractivity contribution in [2.45, 2.75) is 26.4 Å². The van der Waals surface area contributed by atoms with Crippen LogP contribution in [0.15, 0.2) is 41.2 Å². The minimum atomic E-state index is -0.822. The zero-order valence-corrected chi connectivity index (χ0v) is 8.83. The van der Waals surface area contributed by atoms with Crippen molar-refractivity contribution in [3.05, 3.63) is 36.2 Å². The largest absolute Gasteiger partial charge is 0.386 e. The van der Waals surface area contributed by atoms with Gasteiger partial charge in [0.25, 0.3) is 0 Å². The van der Waals surface area contributed by atoms with Crippen LogP contribution in [0.5, 0.6) is 0 Å². The number of amidine groups is 1. The monoisotopic (exact) mass is 192 g/mol. The lowest BCUT2D eigenvalue weighted by atomic mass is 10.0. The predicted octanol–water partition coefficient (Wildman–Crippen LogP) is 1.73. The molecule has 1 aliphatic heterocycles. The van der Waals surface area contributed by atoms with E-state index in [1.165, 1.54) is 0 Å². The van der Waals surface area contributed by atoms with Crippen molar-refractivity contribution in [3.8, 4) is 0 Å². The Balaban J connectivity index is 2.76. The van der Waals surface area contributed by atoms with Crippen LogP contribution in [-0.2, 0) is 0 Å². The molecule has 0 unspecified atom stereocenters. The fraction of sp³-hybridized carbons (Fsp3) is 0.364. The van der Waals surface area contributed by atoms with E-state index in [9.17, 15) is 5.11 Å². The van der Waals surface area contributed by atoms with Gasteiger partial charge >= 0.3 is 0 Å². The maximum Gasteiger partial charge on any atom is 0.136 e. The molecule has 0 bridgehead atoms. The summed E-state index contributed by atoms with van der Waals surface area (Å²) in [5.74, 6) is 0.730. The fourth-order valence-electron chi connectivity index (χ4n) is 0.832. The van der Waals surface area contributed by atoms with Crippen LogP contribution >= 0.6 is 0 Å². The summed E-state index contributed by atoms with van der Waals surface area (Å²) in [7, 11) is 0. The summed E-state index contributed by atoms with van der Waals surface area (Å²) in [5, 5.41) is 12.6. The molecule has 0 spiro atoms. The molecule has 14 heavy (non-hydrogen) atoms. The molecule has 1 aliphatic rings. The molecule has 1 heterocycles. The summed E-state index contributed by atoms with van der Waals surface area (Å²) in [6.45, 7) is 9.11. The van der Waals surface area contributed by atoms with E-state index in [0.29, 0.717) is 0 Å². The van der Waals surface area contributed by atoms with Gasteiger partial charge in [-0.3, -0.25) is 0 Å². The normalized spacial score (nSPS) is 20.4. The molecule has 0 amide bonds. The maximum absolute atomic E-state index is 9.63. The van der Waals surface area contributed by atoms with Crippen molar-refractivity contribution in [2.75, 3.05) is 0 Å². The minimum absolute atomic E-state index is 0.730. The van der Waals surface area contributed by atoms with Gasteiger partial charge in [-0.05, 0) is 32.4 Å². The van der Waals surface area contributed by atoms with E-state index >= 15 is 0 Å². The van der Waals surface area contributed by atoms with Crippen molar-refractivity contribution < 1.29 is 5.11 Å². The highest BCUT2D eigenvalue weighted by Crippen LogP contribution is 2.14. The Bertz CT molecular complexity index is 330. The van der Waals surface area contributed by atoms with Crippen LogP contribution in [0.3, 0.4) is 0 Å². The standard InChI is InChI=1S/C11H16N2O/c1-8-5-6-12-10(8)13-7-9(2)11(3,4)14/h5-7,14H,1H2,2-4H3,(H,12,13)/b9-7+. The Hall–Kier alpha value is -1.35. The van der Waals surface area contributed by atoms with Crippen molar-refractivity contribution in [1.29, 1.82) is 0 Å². The lowest BCUT2D eigenvalue weighted by molar-refractivity contribution is 0.119. The second kappa shape index (κ2) is 3.80. The number of nitrogens with zero attached hydrogens (tertiary/aromatic N) is 1. The third-order valence-corrected chi connectivity index (χ3v) is 2.16. The van der Waals surface area contributed by atoms with Crippen molar-refractivity contribution in [2.24, 2.45) is 4.99 Å². The van der Waals surface area contributed by atoms with Crippen LogP contribution in [0.1, 0.15) is 20.8 Å². The molecular formula is C11H16N2O. The Morgan fingerprint density at radius 2 is 2.29 bits per heavy atom. The molecule has 76 valence electrons. The molecule has 0 aliphatic carbocycles. The van der Waals surface area contributed by atoms with Gasteiger partial charge in [0.1, 0.15) is 5.84 Å². The third-order valence-electron chi connectivity index (χ3n) is 2.16. The molecule has 1 rings (SSSR count). The zero-order chi connectivity index (χ0) is 10.8. The van der Waals surface area contributed by atoms with E-state index < -0.39 is 5.60 Å². The number of nitrogens with one attached hydrogen (secondary N) is 1. The molecule has 0 aromatic rings. The van der Waals surface area contributed by atoms with Gasteiger partial charge in [0.05, 0.1) is 5.60 Å². The van der Waals surface area contributed by atoms with Gasteiger partial charge in [0, 0.05) is 18.0 Å². The first-order chi connectivity index (χ1) is 6.41. The van der Waals surface area contributed by atoms with E-state index in [1.54, 1.807) is 26.2 Å². The first kappa shape index (κ1) is 10.7. The lowest BCUT2D eigenvalue weighted by Crippen LogP contribution is -2.20. The molecule has 2 N–H and O–H groups in total. The van der Waals surface area contributed by atoms with Crippen molar-refractivity contribution in [3.63, 3.8) is 0 Å². The first-order valence-electron chi connectivity index (χ1n) is 4.51. The van der Waals surface area contributed by atoms with Crippen LogP contribution in [0, 0.1) is 0 Å². The van der Waals surface area contributed by atoms with Gasteiger partial charge in [-0.1, -0.05) is 6.58 Å². The summed E-state index contributed by atoms with van der Waals surface area (Å²) in [5.41, 5.74) is 0.841. The second-order valence-electron chi connectivity index (χ2n) is 3.85. The first-order valence-corrected chi connectivity index (χ1v) is 4.51. The Morgan fingerprint density at radius 3 is 2.71 bits per heavy atom. The Labute approximate surface area is 84.6 Å². The molecule has 0 saturated carbocycles. The molecule has 0 radical (unpaired) electrons. The average molecular weight is 192 g/mol. The summed E-state index contributed by atoms with van der Waals surface area (Å²) in [4.78, 5) is 4.19. The lowest BCUT2D eigenvalue weighted by Gasteiger charge is -2.16. The number of hydrogen-bond acceptors (Lipinski definition) is 2. The fourth-order valence-corrected chi connectivity index (χ4v) is 0.832. The Kier molecular flexibility index (Phi) is 2.91. The van der Waals surface area contributed by atoms with Crippen LogP contribution in [0.4, 0.5) is 0 Å². The quantitative estimate of drug-likeness (QED) is 0.700. The number of hydrogen-bond donors (Lipinski definition) is 2. The highest BCUT2D eigenvalue weighted by atomic mass is 16.3. The summed E-state index contributed by atoms with van der Waals surface area (Å²) < 4.78 is 0. The van der Waals surface area contributed by atoms with Gasteiger partial charge in [-0.15, -0.1) is 0 Å². The molecule has 0 aromatic carbocycles. The third kappa shape index (κ3) is 2.57. The summed E-state index contributed by atoms with van der Waals surface area (Å²) in [6.07, 6.45) is 5.29. The molecule has 0 fully saturated rings. The second-order valence-corrected chi connectivity index (χ2v) is 3.85.